The zero-order valence-corrected chi connectivity index (χ0v) is 9.45. The van der Waals surface area contributed by atoms with Crippen LogP contribution in [0.1, 0.15) is 20.3 Å². The van der Waals surface area contributed by atoms with Crippen LogP contribution in [-0.4, -0.2) is 47.8 Å². The van der Waals surface area contributed by atoms with Gasteiger partial charge in [-0.25, -0.2) is 0 Å². The summed E-state index contributed by atoms with van der Waals surface area (Å²) < 4.78 is 0. The minimum absolute atomic E-state index is 0.475. The van der Waals surface area contributed by atoms with Crippen LogP contribution in [0, 0.1) is 0 Å². The van der Waals surface area contributed by atoms with E-state index in [0.29, 0.717) is 0 Å². The summed E-state index contributed by atoms with van der Waals surface area (Å²) in [5.74, 6) is 1.94. The summed E-state index contributed by atoms with van der Waals surface area (Å²) in [4.78, 5) is 2.16. The van der Waals surface area contributed by atoms with E-state index >= 15 is 0 Å². The quantitative estimate of drug-likeness (QED) is 0.643. The van der Waals surface area contributed by atoms with Crippen LogP contribution < -0.4 is 0 Å². The molecule has 1 atom stereocenters. The van der Waals surface area contributed by atoms with E-state index in [4.69, 9.17) is 0 Å². The first-order valence-corrected chi connectivity index (χ1v) is 5.58. The topological polar surface area (TPSA) is 23.5 Å². The molecule has 0 aliphatic rings. The average Bonchev–Trinajstić information content (AvgIpc) is 1.98. The predicted octanol–water partition coefficient (Wildman–Crippen LogP) is 1.44. The van der Waals surface area contributed by atoms with Crippen LogP contribution in [0.15, 0.2) is 0 Å². The molecule has 0 fully saturated rings. The third-order valence-corrected chi connectivity index (χ3v) is 3.15. The Morgan fingerprint density at radius 1 is 1.42 bits per heavy atom. The molecular formula is C9H21NOS. The monoisotopic (exact) mass is 191 g/mol. The number of nitrogens with zero attached hydrogens (tertiary/aromatic N) is 1. The van der Waals surface area contributed by atoms with Crippen molar-refractivity contribution in [1.82, 2.24) is 4.90 Å². The average molecular weight is 191 g/mol. The Labute approximate surface area is 80.3 Å². The predicted molar refractivity (Wildman–Crippen MR) is 56.8 cm³/mol. The molecule has 0 aromatic rings. The van der Waals surface area contributed by atoms with Crippen LogP contribution in [0.4, 0.5) is 0 Å². The maximum absolute atomic E-state index is 9.65. The molecule has 0 aliphatic heterocycles. The number of thioether (sulfide) groups is 1. The highest BCUT2D eigenvalue weighted by molar-refractivity contribution is 7.99. The molecule has 0 radical (unpaired) electrons. The van der Waals surface area contributed by atoms with Crippen LogP contribution in [0.25, 0.3) is 0 Å². The third-order valence-electron chi connectivity index (χ3n) is 1.86. The van der Waals surface area contributed by atoms with E-state index in [1.807, 2.05) is 25.6 Å². The van der Waals surface area contributed by atoms with E-state index < -0.39 is 5.60 Å². The molecule has 0 saturated carbocycles. The van der Waals surface area contributed by atoms with Crippen LogP contribution >= 0.6 is 11.8 Å². The molecule has 12 heavy (non-hydrogen) atoms. The van der Waals surface area contributed by atoms with E-state index in [9.17, 15) is 5.11 Å². The minimum atomic E-state index is -0.475. The number of rotatable bonds is 6. The smallest absolute Gasteiger partial charge is 0.0707 e. The molecule has 3 heteroatoms. The van der Waals surface area contributed by atoms with Gasteiger partial charge < -0.3 is 10.0 Å². The first-order valence-electron chi connectivity index (χ1n) is 4.43. The van der Waals surface area contributed by atoms with Crippen molar-refractivity contribution >= 4 is 11.8 Å². The van der Waals surface area contributed by atoms with Gasteiger partial charge in [-0.05, 0) is 27.4 Å². The van der Waals surface area contributed by atoms with Crippen molar-refractivity contribution in [2.75, 3.05) is 32.1 Å². The molecule has 0 saturated heterocycles. The van der Waals surface area contributed by atoms with Gasteiger partial charge in [-0.3, -0.25) is 0 Å². The Hall–Kier alpha value is 0.270. The minimum Gasteiger partial charge on any atom is -0.389 e. The summed E-state index contributed by atoms with van der Waals surface area (Å²) in [5.41, 5.74) is -0.475. The van der Waals surface area contributed by atoms with Crippen molar-refractivity contribution < 1.29 is 5.11 Å². The van der Waals surface area contributed by atoms with Gasteiger partial charge in [-0.15, -0.1) is 0 Å². The molecule has 0 rings (SSSR count). The van der Waals surface area contributed by atoms with Crippen LogP contribution in [-0.2, 0) is 0 Å². The summed E-state index contributed by atoms with van der Waals surface area (Å²) in [6.07, 6.45) is 0.835. The Bertz CT molecular complexity index is 115. The van der Waals surface area contributed by atoms with Gasteiger partial charge >= 0.3 is 0 Å². The van der Waals surface area contributed by atoms with Gasteiger partial charge in [0.1, 0.15) is 0 Å². The largest absolute Gasteiger partial charge is 0.389 e. The Kier molecular flexibility index (Phi) is 5.97. The molecule has 2 nitrogen and oxygen atoms in total. The highest BCUT2D eigenvalue weighted by atomic mass is 32.2. The molecular weight excluding hydrogens is 170 g/mol. The van der Waals surface area contributed by atoms with Crippen LogP contribution in [0.2, 0.25) is 0 Å². The molecule has 0 amide bonds. The SMILES string of the molecule is CCC(C)(O)CSCCN(C)C. The van der Waals surface area contributed by atoms with Gasteiger partial charge in [0.2, 0.25) is 0 Å². The molecule has 0 aromatic heterocycles. The summed E-state index contributed by atoms with van der Waals surface area (Å²) in [6.45, 7) is 5.01. The van der Waals surface area contributed by atoms with Crippen molar-refractivity contribution in [2.24, 2.45) is 0 Å². The normalized spacial score (nSPS) is 16.5. The van der Waals surface area contributed by atoms with Crippen molar-refractivity contribution in [3.05, 3.63) is 0 Å². The van der Waals surface area contributed by atoms with Gasteiger partial charge in [0.25, 0.3) is 0 Å². The molecule has 0 spiro atoms. The first-order chi connectivity index (χ1) is 5.48. The number of hydrogen-bond acceptors (Lipinski definition) is 3. The second-order valence-corrected chi connectivity index (χ2v) is 4.81. The second kappa shape index (κ2) is 5.84. The lowest BCUT2D eigenvalue weighted by molar-refractivity contribution is 0.0816. The Morgan fingerprint density at radius 2 is 2.00 bits per heavy atom. The Balaban J connectivity index is 3.31. The van der Waals surface area contributed by atoms with E-state index in [-0.39, 0.29) is 0 Å². The maximum Gasteiger partial charge on any atom is 0.0707 e. The summed E-state index contributed by atoms with van der Waals surface area (Å²) in [6, 6.07) is 0. The lowest BCUT2D eigenvalue weighted by Gasteiger charge is -2.20. The van der Waals surface area contributed by atoms with Gasteiger partial charge in [-0.1, -0.05) is 6.92 Å². The molecule has 0 aliphatic carbocycles. The van der Waals surface area contributed by atoms with Gasteiger partial charge in [0, 0.05) is 18.1 Å². The van der Waals surface area contributed by atoms with Crippen molar-refractivity contribution in [1.29, 1.82) is 0 Å². The molecule has 0 bridgehead atoms. The fraction of sp³-hybridized carbons (Fsp3) is 1.00. The summed E-state index contributed by atoms with van der Waals surface area (Å²) in [7, 11) is 4.14. The zero-order chi connectivity index (χ0) is 9.61. The van der Waals surface area contributed by atoms with E-state index in [1.54, 1.807) is 0 Å². The van der Waals surface area contributed by atoms with Crippen LogP contribution in [0.5, 0.6) is 0 Å². The summed E-state index contributed by atoms with van der Waals surface area (Å²) in [5, 5.41) is 9.65. The van der Waals surface area contributed by atoms with Crippen molar-refractivity contribution in [2.45, 2.75) is 25.9 Å². The number of aliphatic hydroxyl groups is 1. The maximum atomic E-state index is 9.65. The fourth-order valence-corrected chi connectivity index (χ4v) is 1.92. The highest BCUT2D eigenvalue weighted by Crippen LogP contribution is 2.15. The fourth-order valence-electron chi connectivity index (χ4n) is 0.641. The Morgan fingerprint density at radius 3 is 2.42 bits per heavy atom. The molecule has 1 unspecified atom stereocenters. The lowest BCUT2D eigenvalue weighted by atomic mass is 10.1. The second-order valence-electron chi connectivity index (χ2n) is 3.71. The van der Waals surface area contributed by atoms with Crippen molar-refractivity contribution in [3.63, 3.8) is 0 Å². The first kappa shape index (κ1) is 12.3. The van der Waals surface area contributed by atoms with Crippen LogP contribution in [0.3, 0.4) is 0 Å². The highest BCUT2D eigenvalue weighted by Gasteiger charge is 2.16. The zero-order valence-electron chi connectivity index (χ0n) is 8.63. The molecule has 0 aromatic carbocycles. The van der Waals surface area contributed by atoms with Crippen molar-refractivity contribution in [3.8, 4) is 0 Å². The molecule has 74 valence electrons. The van der Waals surface area contributed by atoms with Gasteiger partial charge in [0.05, 0.1) is 5.60 Å². The van der Waals surface area contributed by atoms with E-state index in [1.165, 1.54) is 0 Å². The lowest BCUT2D eigenvalue weighted by Crippen LogP contribution is -2.26. The summed E-state index contributed by atoms with van der Waals surface area (Å²) >= 11 is 1.82. The third kappa shape index (κ3) is 6.95. The number of hydrogen-bond donors (Lipinski definition) is 1. The van der Waals surface area contributed by atoms with E-state index in [0.717, 1.165) is 24.5 Å². The van der Waals surface area contributed by atoms with Gasteiger partial charge in [0.15, 0.2) is 0 Å². The van der Waals surface area contributed by atoms with Gasteiger partial charge in [-0.2, -0.15) is 11.8 Å². The standard InChI is InChI=1S/C9H21NOS/c1-5-9(2,11)8-12-7-6-10(3)4/h11H,5-8H2,1-4H3. The van der Waals surface area contributed by atoms with E-state index in [2.05, 4.69) is 19.0 Å². The molecule has 0 heterocycles. The molecule has 1 N–H and O–H groups in total.